The van der Waals surface area contributed by atoms with E-state index in [4.69, 9.17) is 4.98 Å². The molecule has 2 aliphatic heterocycles. The first-order valence-electron chi connectivity index (χ1n) is 9.82. The number of likely N-dealkylation sites (tertiary alicyclic amines) is 1. The quantitative estimate of drug-likeness (QED) is 0.844. The SMILES string of the molecule is Cc1cc(N2CC3CN(Cc4ccnc(C5CCC5)n4)CC3C2)ncn1. The molecule has 2 unspecified atom stereocenters. The number of rotatable bonds is 4. The second kappa shape index (κ2) is 6.58. The fraction of sp³-hybridized carbons (Fsp3) is 0.600. The first-order valence-corrected chi connectivity index (χ1v) is 9.82. The minimum atomic E-state index is 0.609. The number of aromatic nitrogens is 4. The van der Waals surface area contributed by atoms with E-state index in [9.17, 15) is 0 Å². The number of aryl methyl sites for hydroxylation is 1. The van der Waals surface area contributed by atoms with Crippen LogP contribution in [-0.2, 0) is 6.54 Å². The van der Waals surface area contributed by atoms with Gasteiger partial charge in [0, 0.05) is 56.6 Å². The molecular weight excluding hydrogens is 324 g/mol. The van der Waals surface area contributed by atoms with Gasteiger partial charge in [0.1, 0.15) is 18.0 Å². The highest BCUT2D eigenvalue weighted by Crippen LogP contribution is 2.35. The number of nitrogens with zero attached hydrogens (tertiary/aromatic N) is 6. The molecule has 2 atom stereocenters. The average Bonchev–Trinajstić information content (AvgIpc) is 3.12. The Morgan fingerprint density at radius 2 is 1.85 bits per heavy atom. The fourth-order valence-corrected chi connectivity index (χ4v) is 4.61. The van der Waals surface area contributed by atoms with Gasteiger partial charge in [-0.3, -0.25) is 4.90 Å². The molecule has 0 spiro atoms. The molecule has 136 valence electrons. The first-order chi connectivity index (χ1) is 12.7. The molecule has 0 aromatic carbocycles. The van der Waals surface area contributed by atoms with E-state index in [0.717, 1.165) is 61.9 Å². The van der Waals surface area contributed by atoms with Crippen LogP contribution in [0.15, 0.2) is 24.7 Å². The molecule has 0 radical (unpaired) electrons. The number of anilines is 1. The highest BCUT2D eigenvalue weighted by atomic mass is 15.3. The van der Waals surface area contributed by atoms with Crippen molar-refractivity contribution < 1.29 is 0 Å². The molecular formula is C20H26N6. The highest BCUT2D eigenvalue weighted by molar-refractivity contribution is 5.40. The van der Waals surface area contributed by atoms with Crippen molar-refractivity contribution in [3.05, 3.63) is 41.9 Å². The zero-order valence-electron chi connectivity index (χ0n) is 15.4. The molecule has 0 N–H and O–H groups in total. The lowest BCUT2D eigenvalue weighted by atomic mass is 9.85. The first kappa shape index (κ1) is 16.1. The normalized spacial score (nSPS) is 26.1. The Bertz CT molecular complexity index is 775. The summed E-state index contributed by atoms with van der Waals surface area (Å²) in [7, 11) is 0. The molecule has 3 fully saturated rings. The van der Waals surface area contributed by atoms with Gasteiger partial charge in [0.25, 0.3) is 0 Å². The van der Waals surface area contributed by atoms with Crippen LogP contribution in [0, 0.1) is 18.8 Å². The summed E-state index contributed by atoms with van der Waals surface area (Å²) < 4.78 is 0. The van der Waals surface area contributed by atoms with E-state index >= 15 is 0 Å². The van der Waals surface area contributed by atoms with E-state index in [1.54, 1.807) is 6.33 Å². The van der Waals surface area contributed by atoms with E-state index in [0.29, 0.717) is 5.92 Å². The van der Waals surface area contributed by atoms with Crippen LogP contribution in [0.5, 0.6) is 0 Å². The maximum absolute atomic E-state index is 4.84. The summed E-state index contributed by atoms with van der Waals surface area (Å²) in [4.78, 5) is 23.0. The Labute approximate surface area is 154 Å². The van der Waals surface area contributed by atoms with Crippen molar-refractivity contribution in [1.82, 2.24) is 24.8 Å². The Morgan fingerprint density at radius 3 is 2.54 bits per heavy atom. The lowest BCUT2D eigenvalue weighted by Crippen LogP contribution is -2.29. The Morgan fingerprint density at radius 1 is 1.04 bits per heavy atom. The summed E-state index contributed by atoms with van der Waals surface area (Å²) in [5, 5.41) is 0. The van der Waals surface area contributed by atoms with Crippen molar-refractivity contribution in [3.63, 3.8) is 0 Å². The van der Waals surface area contributed by atoms with Gasteiger partial charge in [-0.2, -0.15) is 0 Å². The van der Waals surface area contributed by atoms with Gasteiger partial charge >= 0.3 is 0 Å². The Balaban J connectivity index is 1.20. The van der Waals surface area contributed by atoms with Gasteiger partial charge in [0.15, 0.2) is 0 Å². The van der Waals surface area contributed by atoms with Gasteiger partial charge in [-0.15, -0.1) is 0 Å². The highest BCUT2D eigenvalue weighted by Gasteiger charge is 2.40. The lowest BCUT2D eigenvalue weighted by Gasteiger charge is -2.25. The predicted octanol–water partition coefficient (Wildman–Crippen LogP) is 2.41. The van der Waals surface area contributed by atoms with Crippen LogP contribution < -0.4 is 4.90 Å². The van der Waals surface area contributed by atoms with Gasteiger partial charge in [0.05, 0.1) is 5.69 Å². The van der Waals surface area contributed by atoms with Crippen LogP contribution in [0.2, 0.25) is 0 Å². The topological polar surface area (TPSA) is 58.0 Å². The van der Waals surface area contributed by atoms with Crippen LogP contribution in [-0.4, -0.2) is 51.0 Å². The third-order valence-corrected chi connectivity index (χ3v) is 6.26. The second-order valence-electron chi connectivity index (χ2n) is 8.17. The molecule has 0 bridgehead atoms. The molecule has 3 aliphatic rings. The predicted molar refractivity (Wildman–Crippen MR) is 99.9 cm³/mol. The van der Waals surface area contributed by atoms with Gasteiger partial charge in [-0.05, 0) is 37.7 Å². The number of fused-ring (bicyclic) bond motifs is 1. The van der Waals surface area contributed by atoms with Gasteiger partial charge in [0.2, 0.25) is 0 Å². The van der Waals surface area contributed by atoms with Crippen LogP contribution in [0.4, 0.5) is 5.82 Å². The number of hydrogen-bond donors (Lipinski definition) is 0. The van der Waals surface area contributed by atoms with Crippen LogP contribution >= 0.6 is 0 Å². The monoisotopic (exact) mass is 350 g/mol. The summed E-state index contributed by atoms with van der Waals surface area (Å²) in [5.41, 5.74) is 2.23. The van der Waals surface area contributed by atoms with Crippen molar-refractivity contribution in [2.24, 2.45) is 11.8 Å². The van der Waals surface area contributed by atoms with Gasteiger partial charge < -0.3 is 4.90 Å². The Kier molecular flexibility index (Phi) is 4.08. The fourth-order valence-electron chi connectivity index (χ4n) is 4.61. The molecule has 6 heteroatoms. The smallest absolute Gasteiger partial charge is 0.132 e. The van der Waals surface area contributed by atoms with Gasteiger partial charge in [-0.25, -0.2) is 19.9 Å². The zero-order valence-corrected chi connectivity index (χ0v) is 15.4. The van der Waals surface area contributed by atoms with Crippen molar-refractivity contribution in [1.29, 1.82) is 0 Å². The largest absolute Gasteiger partial charge is 0.356 e. The van der Waals surface area contributed by atoms with Crippen molar-refractivity contribution in [2.45, 2.75) is 38.6 Å². The second-order valence-corrected chi connectivity index (χ2v) is 8.17. The van der Waals surface area contributed by atoms with E-state index in [2.05, 4.69) is 36.9 Å². The third kappa shape index (κ3) is 3.07. The third-order valence-electron chi connectivity index (χ3n) is 6.26. The van der Waals surface area contributed by atoms with Crippen molar-refractivity contribution in [3.8, 4) is 0 Å². The molecule has 26 heavy (non-hydrogen) atoms. The summed E-state index contributed by atoms with van der Waals surface area (Å²) in [6.45, 7) is 7.52. The molecule has 6 nitrogen and oxygen atoms in total. The number of hydrogen-bond acceptors (Lipinski definition) is 6. The van der Waals surface area contributed by atoms with Crippen LogP contribution in [0.25, 0.3) is 0 Å². The van der Waals surface area contributed by atoms with E-state index in [1.807, 2.05) is 13.1 Å². The molecule has 4 heterocycles. The molecule has 0 amide bonds. The van der Waals surface area contributed by atoms with Crippen LogP contribution in [0.1, 0.15) is 42.4 Å². The lowest BCUT2D eigenvalue weighted by molar-refractivity contribution is 0.303. The summed E-state index contributed by atoms with van der Waals surface area (Å²) >= 11 is 0. The summed E-state index contributed by atoms with van der Waals surface area (Å²) in [5.74, 6) is 4.23. The maximum Gasteiger partial charge on any atom is 0.132 e. The Hall–Kier alpha value is -2.08. The summed E-state index contributed by atoms with van der Waals surface area (Å²) in [6, 6.07) is 4.19. The molecule has 1 saturated carbocycles. The van der Waals surface area contributed by atoms with Crippen LogP contribution in [0.3, 0.4) is 0 Å². The standard InChI is InChI=1S/C20H26N6/c1-14-7-19(23-13-22-14)26-10-16-8-25(9-17(16)11-26)12-18-5-6-21-20(24-18)15-3-2-4-15/h5-7,13,15-17H,2-4,8-12H2,1H3. The average molecular weight is 350 g/mol. The zero-order chi connectivity index (χ0) is 17.5. The molecule has 2 aromatic rings. The van der Waals surface area contributed by atoms with E-state index < -0.39 is 0 Å². The van der Waals surface area contributed by atoms with Crippen molar-refractivity contribution >= 4 is 5.82 Å². The summed E-state index contributed by atoms with van der Waals surface area (Å²) in [6.07, 6.45) is 7.48. The van der Waals surface area contributed by atoms with Crippen molar-refractivity contribution in [2.75, 3.05) is 31.1 Å². The molecule has 2 saturated heterocycles. The minimum Gasteiger partial charge on any atom is -0.356 e. The minimum absolute atomic E-state index is 0.609. The maximum atomic E-state index is 4.84. The van der Waals surface area contributed by atoms with E-state index in [-0.39, 0.29) is 0 Å². The van der Waals surface area contributed by atoms with E-state index in [1.165, 1.54) is 25.0 Å². The van der Waals surface area contributed by atoms with Gasteiger partial charge in [-0.1, -0.05) is 6.42 Å². The molecule has 5 rings (SSSR count). The molecule has 2 aromatic heterocycles. The molecule has 1 aliphatic carbocycles.